The molecule has 1 saturated heterocycles. The number of rotatable bonds is 4. The van der Waals surface area contributed by atoms with Crippen molar-refractivity contribution in [3.63, 3.8) is 0 Å². The summed E-state index contributed by atoms with van der Waals surface area (Å²) in [5, 5.41) is 12.6. The third-order valence-corrected chi connectivity index (χ3v) is 4.52. The Bertz CT molecular complexity index is 571. The van der Waals surface area contributed by atoms with Gasteiger partial charge in [-0.2, -0.15) is 0 Å². The van der Waals surface area contributed by atoms with Crippen molar-refractivity contribution in [3.8, 4) is 0 Å². The minimum Gasteiger partial charge on any atom is -0.481 e. The van der Waals surface area contributed by atoms with Crippen molar-refractivity contribution in [1.29, 1.82) is 0 Å². The summed E-state index contributed by atoms with van der Waals surface area (Å²) in [6, 6.07) is 2.00. The number of carboxylic acids is 1. The smallest absolute Gasteiger partial charge is 0.303 e. The molecule has 1 aliphatic carbocycles. The second kappa shape index (κ2) is 5.54. The zero-order valence-electron chi connectivity index (χ0n) is 11.1. The van der Waals surface area contributed by atoms with Crippen LogP contribution in [-0.2, 0) is 11.2 Å². The topological polar surface area (TPSA) is 62.2 Å². The molecule has 5 heteroatoms. The molecule has 1 aromatic heterocycles. The standard InChI is InChI=1S/C15H17ClN2O2/c16-15-9(1-2-14(19)20)3-13(8-18-15)10-4-11-6-17-7-12(11)5-10/h3-4,8,11-12,17H,1-2,5-7H2,(H,19,20). The number of aryl methyl sites for hydroxylation is 1. The number of nitrogens with zero attached hydrogens (tertiary/aromatic N) is 1. The normalized spacial score (nSPS) is 24.6. The second-order valence-electron chi connectivity index (χ2n) is 5.55. The van der Waals surface area contributed by atoms with Gasteiger partial charge in [-0.1, -0.05) is 17.7 Å². The van der Waals surface area contributed by atoms with E-state index in [1.807, 2.05) is 6.07 Å². The van der Waals surface area contributed by atoms with Crippen LogP contribution >= 0.6 is 11.6 Å². The third-order valence-electron chi connectivity index (χ3n) is 4.18. The lowest BCUT2D eigenvalue weighted by Crippen LogP contribution is -2.09. The van der Waals surface area contributed by atoms with Crippen molar-refractivity contribution in [2.75, 3.05) is 13.1 Å². The van der Waals surface area contributed by atoms with Crippen LogP contribution in [0.2, 0.25) is 5.15 Å². The maximum atomic E-state index is 10.7. The Labute approximate surface area is 122 Å². The summed E-state index contributed by atoms with van der Waals surface area (Å²) >= 11 is 6.05. The number of hydrogen-bond acceptors (Lipinski definition) is 3. The Balaban J connectivity index is 1.80. The van der Waals surface area contributed by atoms with Crippen LogP contribution in [0.4, 0.5) is 0 Å². The van der Waals surface area contributed by atoms with Crippen LogP contribution in [-0.4, -0.2) is 29.1 Å². The van der Waals surface area contributed by atoms with Gasteiger partial charge in [0.1, 0.15) is 5.15 Å². The maximum absolute atomic E-state index is 10.7. The Hall–Kier alpha value is -1.39. The molecule has 1 aliphatic heterocycles. The minimum atomic E-state index is -0.813. The maximum Gasteiger partial charge on any atom is 0.303 e. The van der Waals surface area contributed by atoms with Crippen molar-refractivity contribution in [3.05, 3.63) is 34.6 Å². The molecule has 2 aliphatic rings. The van der Waals surface area contributed by atoms with Crippen molar-refractivity contribution in [2.24, 2.45) is 11.8 Å². The summed E-state index contributed by atoms with van der Waals surface area (Å²) in [5.74, 6) is 0.512. The van der Waals surface area contributed by atoms with Gasteiger partial charge in [0.15, 0.2) is 0 Å². The van der Waals surface area contributed by atoms with E-state index in [4.69, 9.17) is 16.7 Å². The molecule has 2 heterocycles. The fourth-order valence-electron chi connectivity index (χ4n) is 3.08. The van der Waals surface area contributed by atoms with Crippen LogP contribution in [0.1, 0.15) is 24.0 Å². The van der Waals surface area contributed by atoms with Gasteiger partial charge in [0.2, 0.25) is 0 Å². The monoisotopic (exact) mass is 292 g/mol. The van der Waals surface area contributed by atoms with Gasteiger partial charge in [-0.3, -0.25) is 4.79 Å². The van der Waals surface area contributed by atoms with Crippen LogP contribution in [0, 0.1) is 11.8 Å². The SMILES string of the molecule is O=C(O)CCc1cc(C2=CC3CNCC3C2)cnc1Cl. The average Bonchev–Trinajstić information content (AvgIpc) is 2.98. The number of aliphatic carboxylic acids is 1. The summed E-state index contributed by atoms with van der Waals surface area (Å²) in [6.07, 6.45) is 5.71. The van der Waals surface area contributed by atoms with E-state index in [9.17, 15) is 4.79 Å². The van der Waals surface area contributed by atoms with Crippen molar-refractivity contribution in [2.45, 2.75) is 19.3 Å². The Morgan fingerprint density at radius 2 is 2.35 bits per heavy atom. The second-order valence-corrected chi connectivity index (χ2v) is 5.90. The molecule has 3 rings (SSSR count). The zero-order chi connectivity index (χ0) is 14.1. The Morgan fingerprint density at radius 1 is 1.50 bits per heavy atom. The lowest BCUT2D eigenvalue weighted by molar-refractivity contribution is -0.136. The average molecular weight is 293 g/mol. The summed E-state index contributed by atoms with van der Waals surface area (Å²) < 4.78 is 0. The molecule has 2 unspecified atom stereocenters. The van der Waals surface area contributed by atoms with Gasteiger partial charge in [-0.15, -0.1) is 0 Å². The molecule has 0 amide bonds. The fraction of sp³-hybridized carbons (Fsp3) is 0.467. The number of allylic oxidation sites excluding steroid dienone is 1. The first-order valence-electron chi connectivity index (χ1n) is 6.91. The largest absolute Gasteiger partial charge is 0.481 e. The summed E-state index contributed by atoms with van der Waals surface area (Å²) in [7, 11) is 0. The van der Waals surface area contributed by atoms with E-state index in [-0.39, 0.29) is 6.42 Å². The fourth-order valence-corrected chi connectivity index (χ4v) is 3.28. The zero-order valence-corrected chi connectivity index (χ0v) is 11.9. The highest BCUT2D eigenvalue weighted by Gasteiger charge is 2.31. The number of carboxylic acid groups (broad SMARTS) is 1. The highest BCUT2D eigenvalue weighted by molar-refractivity contribution is 6.30. The number of pyridine rings is 1. The Morgan fingerprint density at radius 3 is 3.10 bits per heavy atom. The molecule has 106 valence electrons. The number of fused-ring (bicyclic) bond motifs is 1. The summed E-state index contributed by atoms with van der Waals surface area (Å²) in [4.78, 5) is 14.9. The van der Waals surface area contributed by atoms with Gasteiger partial charge >= 0.3 is 5.97 Å². The molecule has 0 saturated carbocycles. The minimum absolute atomic E-state index is 0.0824. The van der Waals surface area contributed by atoms with Gasteiger partial charge in [0.05, 0.1) is 0 Å². The molecule has 0 aromatic carbocycles. The van der Waals surface area contributed by atoms with Crippen LogP contribution < -0.4 is 5.32 Å². The van der Waals surface area contributed by atoms with Gasteiger partial charge < -0.3 is 10.4 Å². The highest BCUT2D eigenvalue weighted by Crippen LogP contribution is 2.38. The first kappa shape index (κ1) is 13.6. The molecule has 0 radical (unpaired) electrons. The molecular weight excluding hydrogens is 276 g/mol. The van der Waals surface area contributed by atoms with Crippen molar-refractivity contribution in [1.82, 2.24) is 10.3 Å². The summed E-state index contributed by atoms with van der Waals surface area (Å²) in [5.41, 5.74) is 3.23. The van der Waals surface area contributed by atoms with Crippen molar-refractivity contribution >= 4 is 23.1 Å². The molecule has 1 fully saturated rings. The summed E-state index contributed by atoms with van der Waals surface area (Å²) in [6.45, 7) is 2.14. The molecule has 2 N–H and O–H groups in total. The molecule has 20 heavy (non-hydrogen) atoms. The highest BCUT2D eigenvalue weighted by atomic mass is 35.5. The van der Waals surface area contributed by atoms with Gasteiger partial charge in [0, 0.05) is 19.2 Å². The molecule has 2 atom stereocenters. The van der Waals surface area contributed by atoms with E-state index in [1.54, 1.807) is 6.20 Å². The van der Waals surface area contributed by atoms with E-state index in [0.29, 0.717) is 23.4 Å². The third kappa shape index (κ3) is 2.72. The van der Waals surface area contributed by atoms with Crippen molar-refractivity contribution < 1.29 is 9.90 Å². The first-order chi connectivity index (χ1) is 9.63. The molecule has 4 nitrogen and oxygen atoms in total. The van der Waals surface area contributed by atoms with Gasteiger partial charge in [-0.25, -0.2) is 4.98 Å². The lowest BCUT2D eigenvalue weighted by Gasteiger charge is -2.09. The van der Waals surface area contributed by atoms with Crippen LogP contribution in [0.25, 0.3) is 5.57 Å². The van der Waals surface area contributed by atoms with E-state index in [2.05, 4.69) is 16.4 Å². The number of nitrogens with one attached hydrogen (secondary N) is 1. The predicted octanol–water partition coefficient (Wildman–Crippen LogP) is 2.37. The van der Waals surface area contributed by atoms with E-state index < -0.39 is 5.97 Å². The molecule has 1 aromatic rings. The molecular formula is C15H17ClN2O2. The van der Waals surface area contributed by atoms with Crippen LogP contribution in [0.15, 0.2) is 18.3 Å². The first-order valence-corrected chi connectivity index (χ1v) is 7.29. The van der Waals surface area contributed by atoms with E-state index in [0.717, 1.165) is 30.6 Å². The van der Waals surface area contributed by atoms with E-state index in [1.165, 1.54) is 5.57 Å². The van der Waals surface area contributed by atoms with E-state index >= 15 is 0 Å². The quantitative estimate of drug-likeness (QED) is 0.837. The predicted molar refractivity (Wildman–Crippen MR) is 77.6 cm³/mol. The molecule has 0 spiro atoms. The number of aromatic nitrogens is 1. The number of hydrogen-bond donors (Lipinski definition) is 2. The lowest BCUT2D eigenvalue weighted by atomic mass is 9.98. The number of carbonyl (C=O) groups is 1. The van der Waals surface area contributed by atoms with Crippen LogP contribution in [0.3, 0.4) is 0 Å². The Kier molecular flexibility index (Phi) is 3.76. The molecule has 0 bridgehead atoms. The van der Waals surface area contributed by atoms with Gasteiger partial charge in [-0.05, 0) is 54.0 Å². The van der Waals surface area contributed by atoms with Crippen LogP contribution in [0.5, 0.6) is 0 Å². The number of halogens is 1. The van der Waals surface area contributed by atoms with Gasteiger partial charge in [0.25, 0.3) is 0 Å².